The number of rotatable bonds is 12. The maximum Gasteiger partial charge on any atom is 0.251 e. The molecule has 2 N–H and O–H groups in total. The van der Waals surface area contributed by atoms with Crippen molar-refractivity contribution >= 4 is 11.8 Å². The van der Waals surface area contributed by atoms with Gasteiger partial charge in [0, 0.05) is 24.6 Å². The molecule has 1 aliphatic rings. The van der Waals surface area contributed by atoms with E-state index in [1.807, 2.05) is 37.3 Å². The number of nitrogens with one attached hydrogen (secondary N) is 2. The van der Waals surface area contributed by atoms with Gasteiger partial charge in [-0.3, -0.25) is 9.59 Å². The highest BCUT2D eigenvalue weighted by atomic mass is 16.5. The third kappa shape index (κ3) is 8.00. The van der Waals surface area contributed by atoms with Gasteiger partial charge in [-0.1, -0.05) is 37.5 Å². The highest BCUT2D eigenvalue weighted by Crippen LogP contribution is 2.28. The van der Waals surface area contributed by atoms with E-state index in [0.29, 0.717) is 50.0 Å². The molecule has 33 heavy (non-hydrogen) atoms. The van der Waals surface area contributed by atoms with Crippen molar-refractivity contribution in [3.05, 3.63) is 54.1 Å². The minimum atomic E-state index is -0.221. The maximum atomic E-state index is 12.5. The topological polar surface area (TPSA) is 85.9 Å². The van der Waals surface area contributed by atoms with Crippen LogP contribution in [0.25, 0.3) is 0 Å². The summed E-state index contributed by atoms with van der Waals surface area (Å²) < 4.78 is 17.1. The molecule has 0 aliphatic heterocycles. The lowest BCUT2D eigenvalue weighted by Crippen LogP contribution is -2.38. The molecule has 0 bridgehead atoms. The summed E-state index contributed by atoms with van der Waals surface area (Å²) in [4.78, 5) is 24.7. The molecular formula is C26H34N2O5. The number of carbonyl (C=O) groups excluding carboxylic acids is 2. The van der Waals surface area contributed by atoms with Crippen molar-refractivity contribution in [2.75, 3.05) is 32.9 Å². The maximum absolute atomic E-state index is 12.5. The average Bonchev–Trinajstić information content (AvgIpc) is 2.86. The van der Waals surface area contributed by atoms with Gasteiger partial charge in [0.2, 0.25) is 5.91 Å². The summed E-state index contributed by atoms with van der Waals surface area (Å²) in [6, 6.07) is 14.6. The van der Waals surface area contributed by atoms with Crippen molar-refractivity contribution in [1.29, 1.82) is 0 Å². The Bertz CT molecular complexity index is 882. The third-order valence-electron chi connectivity index (χ3n) is 5.54. The number of ether oxygens (including phenoxy) is 3. The fraction of sp³-hybridized carbons (Fsp3) is 0.462. The van der Waals surface area contributed by atoms with Crippen LogP contribution >= 0.6 is 0 Å². The number of amides is 2. The third-order valence-corrected chi connectivity index (χ3v) is 5.54. The fourth-order valence-electron chi connectivity index (χ4n) is 3.84. The SMILES string of the molecule is CCOc1cc(C(=O)NCCNC(=O)C2CCCCC2)ccc1OCCOc1ccccc1. The molecule has 0 atom stereocenters. The molecular weight excluding hydrogens is 420 g/mol. The molecule has 0 aromatic heterocycles. The van der Waals surface area contributed by atoms with Gasteiger partial charge >= 0.3 is 0 Å². The first-order valence-electron chi connectivity index (χ1n) is 11.8. The number of benzene rings is 2. The van der Waals surface area contributed by atoms with Crippen LogP contribution in [-0.4, -0.2) is 44.7 Å². The Morgan fingerprint density at radius 2 is 1.58 bits per heavy atom. The van der Waals surface area contributed by atoms with Gasteiger partial charge in [0.15, 0.2) is 11.5 Å². The molecule has 2 amide bonds. The first-order chi connectivity index (χ1) is 16.2. The summed E-state index contributed by atoms with van der Waals surface area (Å²) in [5.74, 6) is 1.85. The lowest BCUT2D eigenvalue weighted by Gasteiger charge is -2.20. The van der Waals surface area contributed by atoms with Crippen molar-refractivity contribution < 1.29 is 23.8 Å². The second kappa shape index (κ2) is 13.4. The van der Waals surface area contributed by atoms with Gasteiger partial charge in [-0.25, -0.2) is 0 Å². The zero-order chi connectivity index (χ0) is 23.3. The molecule has 2 aromatic rings. The van der Waals surface area contributed by atoms with Crippen LogP contribution in [0.5, 0.6) is 17.2 Å². The van der Waals surface area contributed by atoms with Crippen molar-refractivity contribution in [2.24, 2.45) is 5.92 Å². The quantitative estimate of drug-likeness (QED) is 0.474. The lowest BCUT2D eigenvalue weighted by atomic mass is 9.89. The normalized spacial score (nSPS) is 13.7. The van der Waals surface area contributed by atoms with Crippen LogP contribution < -0.4 is 24.8 Å². The largest absolute Gasteiger partial charge is 0.490 e. The van der Waals surface area contributed by atoms with Gasteiger partial charge in [-0.2, -0.15) is 0 Å². The summed E-state index contributed by atoms with van der Waals surface area (Å²) in [6.07, 6.45) is 5.39. The summed E-state index contributed by atoms with van der Waals surface area (Å²) in [5, 5.41) is 5.78. The Labute approximate surface area is 195 Å². The van der Waals surface area contributed by atoms with E-state index in [9.17, 15) is 9.59 Å². The van der Waals surface area contributed by atoms with Crippen LogP contribution in [0.1, 0.15) is 49.4 Å². The summed E-state index contributed by atoms with van der Waals surface area (Å²) in [6.45, 7) is 3.86. The van der Waals surface area contributed by atoms with Crippen LogP contribution in [-0.2, 0) is 4.79 Å². The second-order valence-corrected chi connectivity index (χ2v) is 7.99. The highest BCUT2D eigenvalue weighted by molar-refractivity contribution is 5.94. The van der Waals surface area contributed by atoms with Gasteiger partial charge in [0.25, 0.3) is 5.91 Å². The van der Waals surface area contributed by atoms with Crippen molar-refractivity contribution in [2.45, 2.75) is 39.0 Å². The number of hydrogen-bond donors (Lipinski definition) is 2. The smallest absolute Gasteiger partial charge is 0.251 e. The summed E-state index contributed by atoms with van der Waals surface area (Å²) in [5.41, 5.74) is 0.477. The second-order valence-electron chi connectivity index (χ2n) is 7.99. The van der Waals surface area contributed by atoms with Crippen LogP contribution in [0, 0.1) is 5.92 Å². The van der Waals surface area contributed by atoms with Crippen molar-refractivity contribution in [3.63, 3.8) is 0 Å². The first kappa shape index (κ1) is 24.4. The Morgan fingerprint density at radius 1 is 0.848 bits per heavy atom. The molecule has 3 rings (SSSR count). The monoisotopic (exact) mass is 454 g/mol. The van der Waals surface area contributed by atoms with E-state index in [-0.39, 0.29) is 17.7 Å². The zero-order valence-corrected chi connectivity index (χ0v) is 19.3. The average molecular weight is 455 g/mol. The number of hydrogen-bond acceptors (Lipinski definition) is 5. The van der Waals surface area contributed by atoms with Crippen LogP contribution in [0.15, 0.2) is 48.5 Å². The molecule has 1 aliphatic carbocycles. The molecule has 0 saturated heterocycles. The minimum Gasteiger partial charge on any atom is -0.490 e. The Morgan fingerprint density at radius 3 is 2.33 bits per heavy atom. The van der Waals surface area contributed by atoms with E-state index < -0.39 is 0 Å². The Kier molecular flexibility index (Phi) is 9.88. The lowest BCUT2D eigenvalue weighted by molar-refractivity contribution is -0.125. The molecule has 1 saturated carbocycles. The molecule has 7 heteroatoms. The minimum absolute atomic E-state index is 0.0975. The van der Waals surface area contributed by atoms with E-state index in [1.165, 1.54) is 6.42 Å². The van der Waals surface area contributed by atoms with Gasteiger partial charge in [0.05, 0.1) is 6.61 Å². The van der Waals surface area contributed by atoms with Crippen LogP contribution in [0.4, 0.5) is 0 Å². The molecule has 0 radical (unpaired) electrons. The molecule has 0 spiro atoms. The highest BCUT2D eigenvalue weighted by Gasteiger charge is 2.20. The predicted octanol–water partition coefficient (Wildman–Crippen LogP) is 3.97. The molecule has 0 heterocycles. The van der Waals surface area contributed by atoms with Gasteiger partial charge in [0.1, 0.15) is 19.0 Å². The predicted molar refractivity (Wildman–Crippen MR) is 127 cm³/mol. The van der Waals surface area contributed by atoms with E-state index in [4.69, 9.17) is 14.2 Å². The van der Waals surface area contributed by atoms with E-state index in [2.05, 4.69) is 10.6 Å². The number of para-hydroxylation sites is 1. The van der Waals surface area contributed by atoms with Crippen molar-refractivity contribution in [3.8, 4) is 17.2 Å². The van der Waals surface area contributed by atoms with E-state index >= 15 is 0 Å². The summed E-state index contributed by atoms with van der Waals surface area (Å²) in [7, 11) is 0. The molecule has 2 aromatic carbocycles. The molecule has 1 fully saturated rings. The van der Waals surface area contributed by atoms with E-state index in [1.54, 1.807) is 18.2 Å². The fourth-order valence-corrected chi connectivity index (χ4v) is 3.84. The van der Waals surface area contributed by atoms with E-state index in [0.717, 1.165) is 31.4 Å². The van der Waals surface area contributed by atoms with Gasteiger partial charge < -0.3 is 24.8 Å². The van der Waals surface area contributed by atoms with Crippen LogP contribution in [0.3, 0.4) is 0 Å². The molecule has 0 unspecified atom stereocenters. The van der Waals surface area contributed by atoms with Crippen molar-refractivity contribution in [1.82, 2.24) is 10.6 Å². The zero-order valence-electron chi connectivity index (χ0n) is 19.3. The van der Waals surface area contributed by atoms with Crippen LogP contribution in [0.2, 0.25) is 0 Å². The Hall–Kier alpha value is -3.22. The Balaban J connectivity index is 1.43. The van der Waals surface area contributed by atoms with Gasteiger partial charge in [-0.15, -0.1) is 0 Å². The summed E-state index contributed by atoms with van der Waals surface area (Å²) >= 11 is 0. The molecule has 178 valence electrons. The van der Waals surface area contributed by atoms with Gasteiger partial charge in [-0.05, 0) is 50.1 Å². The number of carbonyl (C=O) groups is 2. The first-order valence-corrected chi connectivity index (χ1v) is 11.8. The molecule has 7 nitrogen and oxygen atoms in total. The standard InChI is InChI=1S/C26H34N2O5/c1-2-31-24-19-21(13-14-23(24)33-18-17-32-22-11-7-4-8-12-22)26(30)28-16-15-27-25(29)20-9-5-3-6-10-20/h4,7-8,11-14,19-20H,2-3,5-6,9-10,15-18H2,1H3,(H,27,29)(H,28,30).